The van der Waals surface area contributed by atoms with Crippen LogP contribution in [0.2, 0.25) is 0 Å². The summed E-state index contributed by atoms with van der Waals surface area (Å²) >= 11 is 0. The molecule has 1 heteroatoms. The van der Waals surface area contributed by atoms with E-state index >= 15 is 0 Å². The molecule has 11 heavy (non-hydrogen) atoms. The highest BCUT2D eigenvalue weighted by atomic mass is 16.5. The maximum Gasteiger partial charge on any atom is 0.0629 e. The Morgan fingerprint density at radius 2 is 2.00 bits per heavy atom. The molecule has 0 saturated carbocycles. The van der Waals surface area contributed by atoms with Gasteiger partial charge in [-0.3, -0.25) is 0 Å². The molecule has 66 valence electrons. The van der Waals surface area contributed by atoms with E-state index in [-0.39, 0.29) is 5.60 Å². The van der Waals surface area contributed by atoms with Crippen molar-refractivity contribution in [2.75, 3.05) is 6.61 Å². The van der Waals surface area contributed by atoms with E-state index < -0.39 is 0 Å². The van der Waals surface area contributed by atoms with Crippen molar-refractivity contribution in [3.8, 4) is 0 Å². The Kier molecular flexibility index (Phi) is 2.58. The van der Waals surface area contributed by atoms with Crippen molar-refractivity contribution < 1.29 is 4.74 Å². The van der Waals surface area contributed by atoms with E-state index in [9.17, 15) is 0 Å². The third-order valence-electron chi connectivity index (χ3n) is 2.68. The molecule has 1 rings (SSSR count). The topological polar surface area (TPSA) is 9.23 Å². The van der Waals surface area contributed by atoms with Crippen LogP contribution in [0.15, 0.2) is 0 Å². The standard InChI is InChI=1S/C10H20O/c1-8(2)9-5-6-11-10(3,4)7-9/h8-9H,5-7H2,1-4H3/t9-/m1/s1. The minimum absolute atomic E-state index is 0.132. The third kappa shape index (κ3) is 2.48. The Morgan fingerprint density at radius 1 is 1.36 bits per heavy atom. The van der Waals surface area contributed by atoms with Gasteiger partial charge in [0.25, 0.3) is 0 Å². The van der Waals surface area contributed by atoms with Crippen molar-refractivity contribution in [2.45, 2.75) is 46.1 Å². The van der Waals surface area contributed by atoms with Crippen LogP contribution in [-0.2, 0) is 4.74 Å². The maximum absolute atomic E-state index is 5.65. The first-order valence-electron chi connectivity index (χ1n) is 4.65. The Bertz CT molecular complexity index is 127. The van der Waals surface area contributed by atoms with Crippen molar-refractivity contribution >= 4 is 0 Å². The second kappa shape index (κ2) is 3.14. The molecular weight excluding hydrogens is 136 g/mol. The van der Waals surface area contributed by atoms with Gasteiger partial charge in [-0.05, 0) is 38.5 Å². The minimum atomic E-state index is 0.132. The molecule has 0 aromatic carbocycles. The molecule has 0 aliphatic carbocycles. The molecule has 0 bridgehead atoms. The normalized spacial score (nSPS) is 30.8. The Labute approximate surface area is 70.1 Å². The van der Waals surface area contributed by atoms with Gasteiger partial charge in [0.05, 0.1) is 5.60 Å². The van der Waals surface area contributed by atoms with Crippen LogP contribution in [0.25, 0.3) is 0 Å². The van der Waals surface area contributed by atoms with E-state index in [0.717, 1.165) is 18.4 Å². The highest BCUT2D eigenvalue weighted by Crippen LogP contribution is 2.32. The van der Waals surface area contributed by atoms with E-state index in [4.69, 9.17) is 4.74 Å². The monoisotopic (exact) mass is 156 g/mol. The zero-order valence-electron chi connectivity index (χ0n) is 8.18. The van der Waals surface area contributed by atoms with Gasteiger partial charge in [-0.15, -0.1) is 0 Å². The zero-order chi connectivity index (χ0) is 8.48. The van der Waals surface area contributed by atoms with Crippen molar-refractivity contribution in [3.63, 3.8) is 0 Å². The van der Waals surface area contributed by atoms with Gasteiger partial charge in [-0.25, -0.2) is 0 Å². The molecule has 0 aromatic heterocycles. The van der Waals surface area contributed by atoms with E-state index in [2.05, 4.69) is 27.7 Å². The fourth-order valence-corrected chi connectivity index (χ4v) is 1.85. The molecule has 1 aliphatic rings. The Morgan fingerprint density at radius 3 is 2.36 bits per heavy atom. The van der Waals surface area contributed by atoms with Crippen LogP contribution in [0.1, 0.15) is 40.5 Å². The minimum Gasteiger partial charge on any atom is -0.376 e. The first kappa shape index (κ1) is 9.05. The van der Waals surface area contributed by atoms with E-state index in [1.807, 2.05) is 0 Å². The van der Waals surface area contributed by atoms with Crippen LogP contribution in [-0.4, -0.2) is 12.2 Å². The van der Waals surface area contributed by atoms with Crippen LogP contribution in [0, 0.1) is 11.8 Å². The number of ether oxygens (including phenoxy) is 1. The van der Waals surface area contributed by atoms with Gasteiger partial charge in [0.2, 0.25) is 0 Å². The molecule has 0 amide bonds. The summed E-state index contributed by atoms with van der Waals surface area (Å²) in [6, 6.07) is 0. The first-order valence-corrected chi connectivity index (χ1v) is 4.65. The summed E-state index contributed by atoms with van der Waals surface area (Å²) in [5.41, 5.74) is 0.132. The maximum atomic E-state index is 5.65. The molecule has 1 heterocycles. The second-order valence-electron chi connectivity index (χ2n) is 4.61. The van der Waals surface area contributed by atoms with Crippen LogP contribution >= 0.6 is 0 Å². The summed E-state index contributed by atoms with van der Waals surface area (Å²) < 4.78 is 5.65. The predicted octanol–water partition coefficient (Wildman–Crippen LogP) is 2.85. The quantitative estimate of drug-likeness (QED) is 0.567. The molecule has 0 radical (unpaired) electrons. The van der Waals surface area contributed by atoms with Gasteiger partial charge < -0.3 is 4.74 Å². The summed E-state index contributed by atoms with van der Waals surface area (Å²) in [6.45, 7) is 9.97. The van der Waals surface area contributed by atoms with Crippen molar-refractivity contribution in [2.24, 2.45) is 11.8 Å². The van der Waals surface area contributed by atoms with E-state index in [1.165, 1.54) is 12.8 Å². The molecule has 1 fully saturated rings. The zero-order valence-corrected chi connectivity index (χ0v) is 8.18. The lowest BCUT2D eigenvalue weighted by atomic mass is 9.81. The van der Waals surface area contributed by atoms with E-state index in [1.54, 1.807) is 0 Å². The predicted molar refractivity (Wildman–Crippen MR) is 47.6 cm³/mol. The van der Waals surface area contributed by atoms with Gasteiger partial charge in [0.1, 0.15) is 0 Å². The van der Waals surface area contributed by atoms with Crippen molar-refractivity contribution in [1.82, 2.24) is 0 Å². The van der Waals surface area contributed by atoms with Crippen LogP contribution < -0.4 is 0 Å². The number of hydrogen-bond donors (Lipinski definition) is 0. The molecule has 1 nitrogen and oxygen atoms in total. The molecular formula is C10H20O. The van der Waals surface area contributed by atoms with E-state index in [0.29, 0.717) is 0 Å². The van der Waals surface area contributed by atoms with Gasteiger partial charge >= 0.3 is 0 Å². The van der Waals surface area contributed by atoms with Gasteiger partial charge in [-0.1, -0.05) is 13.8 Å². The summed E-state index contributed by atoms with van der Waals surface area (Å²) in [5, 5.41) is 0. The van der Waals surface area contributed by atoms with Gasteiger partial charge in [0, 0.05) is 6.61 Å². The van der Waals surface area contributed by atoms with Gasteiger partial charge in [-0.2, -0.15) is 0 Å². The first-order chi connectivity index (χ1) is 5.01. The molecule has 1 saturated heterocycles. The summed E-state index contributed by atoms with van der Waals surface area (Å²) in [5.74, 6) is 1.69. The van der Waals surface area contributed by atoms with Crippen LogP contribution in [0.5, 0.6) is 0 Å². The fourth-order valence-electron chi connectivity index (χ4n) is 1.85. The van der Waals surface area contributed by atoms with Gasteiger partial charge in [0.15, 0.2) is 0 Å². The SMILES string of the molecule is CC(C)[C@@H]1CCOC(C)(C)C1. The van der Waals surface area contributed by atoms with Crippen LogP contribution in [0.3, 0.4) is 0 Å². The van der Waals surface area contributed by atoms with Crippen LogP contribution in [0.4, 0.5) is 0 Å². The number of rotatable bonds is 1. The lowest BCUT2D eigenvalue weighted by Gasteiger charge is -2.37. The molecule has 1 aliphatic heterocycles. The fraction of sp³-hybridized carbons (Fsp3) is 1.00. The average molecular weight is 156 g/mol. The third-order valence-corrected chi connectivity index (χ3v) is 2.68. The molecule has 0 aromatic rings. The molecule has 0 spiro atoms. The Balaban J connectivity index is 2.46. The largest absolute Gasteiger partial charge is 0.376 e. The summed E-state index contributed by atoms with van der Waals surface area (Å²) in [4.78, 5) is 0. The molecule has 0 unspecified atom stereocenters. The summed E-state index contributed by atoms with van der Waals surface area (Å²) in [7, 11) is 0. The molecule has 1 atom stereocenters. The van der Waals surface area contributed by atoms with Crippen molar-refractivity contribution in [3.05, 3.63) is 0 Å². The number of hydrogen-bond acceptors (Lipinski definition) is 1. The molecule has 0 N–H and O–H groups in total. The smallest absolute Gasteiger partial charge is 0.0629 e. The highest BCUT2D eigenvalue weighted by Gasteiger charge is 2.29. The second-order valence-corrected chi connectivity index (χ2v) is 4.61. The highest BCUT2D eigenvalue weighted by molar-refractivity contribution is 4.79. The summed E-state index contributed by atoms with van der Waals surface area (Å²) in [6.07, 6.45) is 2.48. The average Bonchev–Trinajstić information content (AvgIpc) is 1.85. The lowest BCUT2D eigenvalue weighted by molar-refractivity contribution is -0.0799. The lowest BCUT2D eigenvalue weighted by Crippen LogP contribution is -2.35. The Hall–Kier alpha value is -0.0400. The van der Waals surface area contributed by atoms with Crippen molar-refractivity contribution in [1.29, 1.82) is 0 Å².